The molecule has 8 nitrogen and oxygen atoms in total. The molecule has 0 aliphatic carbocycles. The first-order valence-corrected chi connectivity index (χ1v) is 11.4. The van der Waals surface area contributed by atoms with Crippen LogP contribution in [0.25, 0.3) is 11.0 Å². The van der Waals surface area contributed by atoms with Gasteiger partial charge in [0.15, 0.2) is 5.65 Å². The molecule has 0 radical (unpaired) electrons. The summed E-state index contributed by atoms with van der Waals surface area (Å²) in [6.07, 6.45) is 0.242. The van der Waals surface area contributed by atoms with Gasteiger partial charge in [-0.1, -0.05) is 11.6 Å². The largest absolute Gasteiger partial charge is 0.378 e. The van der Waals surface area contributed by atoms with E-state index in [4.69, 9.17) is 36.0 Å². The molecule has 1 aromatic carbocycles. The van der Waals surface area contributed by atoms with Gasteiger partial charge < -0.3 is 24.6 Å². The SMILES string of the molecule is CC1CN(c2nc(N3CCOCC3)c3ccc(Nc4ccc(Cl)cc4)nc3n2)CC(C)O1. The number of morpholine rings is 2. The maximum absolute atomic E-state index is 6.01. The van der Waals surface area contributed by atoms with Gasteiger partial charge >= 0.3 is 0 Å². The highest BCUT2D eigenvalue weighted by molar-refractivity contribution is 6.30. The Morgan fingerprint density at radius 1 is 0.906 bits per heavy atom. The summed E-state index contributed by atoms with van der Waals surface area (Å²) in [5, 5.41) is 4.97. The predicted molar refractivity (Wildman–Crippen MR) is 127 cm³/mol. The van der Waals surface area contributed by atoms with Crippen LogP contribution in [0, 0.1) is 0 Å². The summed E-state index contributed by atoms with van der Waals surface area (Å²) >= 11 is 6.01. The Kier molecular flexibility index (Phi) is 5.99. The number of nitrogens with one attached hydrogen (secondary N) is 1. The number of halogens is 1. The number of rotatable bonds is 4. The van der Waals surface area contributed by atoms with Crippen LogP contribution in [0.3, 0.4) is 0 Å². The van der Waals surface area contributed by atoms with E-state index >= 15 is 0 Å². The standard InChI is InChI=1S/C23H27ClN6O2/c1-15-13-30(14-16(2)32-15)23-27-21-19(22(28-23)29-9-11-31-12-10-29)7-8-20(26-21)25-18-5-3-17(24)4-6-18/h3-8,15-16H,9-14H2,1-2H3,(H,25,26,27,28). The Hall–Kier alpha value is -2.68. The molecule has 32 heavy (non-hydrogen) atoms. The average molecular weight is 455 g/mol. The van der Waals surface area contributed by atoms with Gasteiger partial charge in [-0.05, 0) is 50.2 Å². The second-order valence-electron chi connectivity index (χ2n) is 8.31. The molecule has 0 saturated carbocycles. The van der Waals surface area contributed by atoms with Crippen LogP contribution < -0.4 is 15.1 Å². The van der Waals surface area contributed by atoms with Crippen molar-refractivity contribution in [2.75, 3.05) is 54.5 Å². The lowest BCUT2D eigenvalue weighted by molar-refractivity contribution is -0.00570. The van der Waals surface area contributed by atoms with Gasteiger partial charge in [0, 0.05) is 36.9 Å². The van der Waals surface area contributed by atoms with Crippen molar-refractivity contribution in [3.05, 3.63) is 41.4 Å². The highest BCUT2D eigenvalue weighted by atomic mass is 35.5. The van der Waals surface area contributed by atoms with Crippen molar-refractivity contribution < 1.29 is 9.47 Å². The third-order valence-electron chi connectivity index (χ3n) is 5.66. The monoisotopic (exact) mass is 454 g/mol. The van der Waals surface area contributed by atoms with E-state index in [2.05, 4.69) is 29.0 Å². The third kappa shape index (κ3) is 4.57. The zero-order chi connectivity index (χ0) is 22.1. The van der Waals surface area contributed by atoms with E-state index in [0.717, 1.165) is 48.9 Å². The van der Waals surface area contributed by atoms with Crippen LogP contribution in [-0.2, 0) is 9.47 Å². The number of hydrogen-bond acceptors (Lipinski definition) is 8. The number of anilines is 4. The summed E-state index contributed by atoms with van der Waals surface area (Å²) in [7, 11) is 0. The van der Waals surface area contributed by atoms with Gasteiger partial charge in [0.25, 0.3) is 0 Å². The Morgan fingerprint density at radius 2 is 1.62 bits per heavy atom. The van der Waals surface area contributed by atoms with Crippen LogP contribution in [0.2, 0.25) is 5.02 Å². The Labute approximate surface area is 192 Å². The van der Waals surface area contributed by atoms with Gasteiger partial charge in [-0.15, -0.1) is 0 Å². The second kappa shape index (κ2) is 9.05. The van der Waals surface area contributed by atoms with Crippen molar-refractivity contribution in [1.29, 1.82) is 0 Å². The lowest BCUT2D eigenvalue weighted by Gasteiger charge is -2.36. The summed E-state index contributed by atoms with van der Waals surface area (Å²) in [5.41, 5.74) is 1.59. The first kappa shape index (κ1) is 21.2. The Balaban J connectivity index is 1.54. The maximum Gasteiger partial charge on any atom is 0.229 e. The van der Waals surface area contributed by atoms with Gasteiger partial charge in [-0.2, -0.15) is 9.97 Å². The van der Waals surface area contributed by atoms with Crippen LogP contribution in [0.1, 0.15) is 13.8 Å². The number of benzene rings is 1. The minimum absolute atomic E-state index is 0.121. The molecule has 0 bridgehead atoms. The number of pyridine rings is 1. The fourth-order valence-electron chi connectivity index (χ4n) is 4.23. The highest BCUT2D eigenvalue weighted by Gasteiger charge is 2.26. The molecule has 5 rings (SSSR count). The van der Waals surface area contributed by atoms with E-state index in [-0.39, 0.29) is 12.2 Å². The van der Waals surface area contributed by atoms with Crippen LogP contribution in [0.5, 0.6) is 0 Å². The summed E-state index contributed by atoms with van der Waals surface area (Å²) in [6.45, 7) is 8.64. The normalized spacial score (nSPS) is 21.7. The fraction of sp³-hybridized carbons (Fsp3) is 0.435. The third-order valence-corrected chi connectivity index (χ3v) is 5.91. The van der Waals surface area contributed by atoms with Gasteiger partial charge in [-0.25, -0.2) is 4.98 Å². The molecule has 0 spiro atoms. The van der Waals surface area contributed by atoms with E-state index < -0.39 is 0 Å². The van der Waals surface area contributed by atoms with Crippen LogP contribution in [0.15, 0.2) is 36.4 Å². The van der Waals surface area contributed by atoms with Crippen molar-refractivity contribution in [1.82, 2.24) is 15.0 Å². The van der Waals surface area contributed by atoms with Crippen molar-refractivity contribution in [2.24, 2.45) is 0 Å². The Bertz CT molecular complexity index is 1080. The van der Waals surface area contributed by atoms with Gasteiger partial charge in [0.1, 0.15) is 11.6 Å². The molecule has 2 aliphatic heterocycles. The molecular weight excluding hydrogens is 428 g/mol. The average Bonchev–Trinajstić information content (AvgIpc) is 2.79. The quantitative estimate of drug-likeness (QED) is 0.636. The molecule has 2 fully saturated rings. The van der Waals surface area contributed by atoms with Crippen molar-refractivity contribution >= 4 is 45.9 Å². The summed E-state index contributed by atoms with van der Waals surface area (Å²) < 4.78 is 11.5. The molecule has 2 saturated heterocycles. The summed E-state index contributed by atoms with van der Waals surface area (Å²) in [5.74, 6) is 2.32. The first-order chi connectivity index (χ1) is 15.5. The molecule has 168 valence electrons. The Morgan fingerprint density at radius 3 is 2.34 bits per heavy atom. The van der Waals surface area contributed by atoms with Gasteiger partial charge in [-0.3, -0.25) is 0 Å². The number of hydrogen-bond donors (Lipinski definition) is 1. The number of fused-ring (bicyclic) bond motifs is 1. The zero-order valence-electron chi connectivity index (χ0n) is 18.3. The van der Waals surface area contributed by atoms with Crippen molar-refractivity contribution in [3.63, 3.8) is 0 Å². The molecular formula is C23H27ClN6O2. The van der Waals surface area contributed by atoms with E-state index in [0.29, 0.717) is 29.8 Å². The minimum atomic E-state index is 0.121. The van der Waals surface area contributed by atoms with Gasteiger partial charge in [0.2, 0.25) is 5.95 Å². The fourth-order valence-corrected chi connectivity index (χ4v) is 4.36. The summed E-state index contributed by atoms with van der Waals surface area (Å²) in [4.78, 5) is 19.2. The molecule has 1 N–H and O–H groups in total. The van der Waals surface area contributed by atoms with Crippen LogP contribution in [0.4, 0.5) is 23.3 Å². The van der Waals surface area contributed by atoms with Crippen molar-refractivity contribution in [2.45, 2.75) is 26.1 Å². The highest BCUT2D eigenvalue weighted by Crippen LogP contribution is 2.29. The molecule has 2 aliphatic rings. The molecule has 3 aromatic rings. The van der Waals surface area contributed by atoms with E-state index in [9.17, 15) is 0 Å². The lowest BCUT2D eigenvalue weighted by atomic mass is 10.2. The second-order valence-corrected chi connectivity index (χ2v) is 8.74. The molecule has 2 aromatic heterocycles. The number of nitrogens with zero attached hydrogens (tertiary/aromatic N) is 5. The van der Waals surface area contributed by atoms with Gasteiger partial charge in [0.05, 0.1) is 30.8 Å². The smallest absolute Gasteiger partial charge is 0.229 e. The predicted octanol–water partition coefficient (Wildman–Crippen LogP) is 3.87. The molecule has 4 heterocycles. The van der Waals surface area contributed by atoms with E-state index in [1.165, 1.54) is 0 Å². The number of ether oxygens (including phenoxy) is 2. The minimum Gasteiger partial charge on any atom is -0.378 e. The first-order valence-electron chi connectivity index (χ1n) is 11.0. The maximum atomic E-state index is 6.01. The van der Waals surface area contributed by atoms with Crippen LogP contribution >= 0.6 is 11.6 Å². The van der Waals surface area contributed by atoms with E-state index in [1.54, 1.807) is 0 Å². The number of aromatic nitrogens is 3. The lowest BCUT2D eigenvalue weighted by Crippen LogP contribution is -2.46. The topological polar surface area (TPSA) is 75.6 Å². The molecule has 0 amide bonds. The molecule has 2 atom stereocenters. The van der Waals surface area contributed by atoms with Crippen LogP contribution in [-0.4, -0.2) is 66.6 Å². The van der Waals surface area contributed by atoms with E-state index in [1.807, 2.05) is 36.4 Å². The zero-order valence-corrected chi connectivity index (χ0v) is 19.0. The molecule has 2 unspecified atom stereocenters. The summed E-state index contributed by atoms with van der Waals surface area (Å²) in [6, 6.07) is 11.6. The molecule has 9 heteroatoms. The van der Waals surface area contributed by atoms with Crippen molar-refractivity contribution in [3.8, 4) is 0 Å².